The predicted octanol–water partition coefficient (Wildman–Crippen LogP) is 0.624. The number of rotatable bonds is 2. The molecule has 0 fully saturated rings. The number of carbonyl (C=O) groups excluding carboxylic acids is 1. The molecule has 1 rings (SSSR count). The second kappa shape index (κ2) is 3.34. The van der Waals surface area contributed by atoms with Crippen molar-refractivity contribution in [2.75, 3.05) is 0 Å². The van der Waals surface area contributed by atoms with Crippen LogP contribution in [0.15, 0.2) is 18.2 Å². The van der Waals surface area contributed by atoms with Gasteiger partial charge in [0.1, 0.15) is 5.54 Å². The van der Waals surface area contributed by atoms with E-state index in [1.807, 2.05) is 0 Å². The van der Waals surface area contributed by atoms with Crippen molar-refractivity contribution < 1.29 is 13.6 Å². The van der Waals surface area contributed by atoms with E-state index in [0.29, 0.717) is 0 Å². The first-order chi connectivity index (χ1) is 6.35. The highest BCUT2D eigenvalue weighted by Gasteiger charge is 2.28. The minimum atomic E-state index is -1.49. The molecule has 0 radical (unpaired) electrons. The van der Waals surface area contributed by atoms with Crippen molar-refractivity contribution >= 4 is 5.91 Å². The van der Waals surface area contributed by atoms with Gasteiger partial charge in [-0.2, -0.15) is 0 Å². The Morgan fingerprint density at radius 3 is 2.36 bits per heavy atom. The summed E-state index contributed by atoms with van der Waals surface area (Å²) in [6, 6.07) is 2.99. The molecule has 1 atom stereocenters. The second-order valence-corrected chi connectivity index (χ2v) is 3.20. The molecule has 76 valence electrons. The molecule has 4 N–H and O–H groups in total. The molecule has 0 aliphatic carbocycles. The van der Waals surface area contributed by atoms with Crippen molar-refractivity contribution in [1.82, 2.24) is 0 Å². The molecule has 0 saturated heterocycles. The number of hydrogen-bond donors (Lipinski definition) is 2. The fourth-order valence-corrected chi connectivity index (χ4v) is 0.961. The van der Waals surface area contributed by atoms with Crippen LogP contribution in [0.5, 0.6) is 0 Å². The lowest BCUT2D eigenvalue weighted by Crippen LogP contribution is -2.46. The molecule has 1 aromatic carbocycles. The van der Waals surface area contributed by atoms with Crippen LogP contribution in [-0.2, 0) is 10.3 Å². The van der Waals surface area contributed by atoms with Crippen LogP contribution in [0.2, 0.25) is 0 Å². The minimum absolute atomic E-state index is 0.143. The molecule has 0 heterocycles. The lowest BCUT2D eigenvalue weighted by atomic mass is 9.92. The first kappa shape index (κ1) is 10.6. The third-order valence-corrected chi connectivity index (χ3v) is 2.03. The van der Waals surface area contributed by atoms with E-state index in [1.165, 1.54) is 13.0 Å². The lowest BCUT2D eigenvalue weighted by molar-refractivity contribution is -0.122. The van der Waals surface area contributed by atoms with Gasteiger partial charge in [0, 0.05) is 0 Å². The van der Waals surface area contributed by atoms with Gasteiger partial charge in [-0.3, -0.25) is 4.79 Å². The fourth-order valence-electron chi connectivity index (χ4n) is 0.961. The van der Waals surface area contributed by atoms with E-state index in [9.17, 15) is 13.6 Å². The van der Waals surface area contributed by atoms with Crippen LogP contribution in [0, 0.1) is 11.6 Å². The highest BCUT2D eigenvalue weighted by Crippen LogP contribution is 2.19. The van der Waals surface area contributed by atoms with E-state index in [-0.39, 0.29) is 5.56 Å². The maximum atomic E-state index is 12.8. The van der Waals surface area contributed by atoms with Crippen molar-refractivity contribution in [3.63, 3.8) is 0 Å². The van der Waals surface area contributed by atoms with Gasteiger partial charge in [0.05, 0.1) is 0 Å². The Balaban J connectivity index is 3.21. The third-order valence-electron chi connectivity index (χ3n) is 2.03. The van der Waals surface area contributed by atoms with Crippen LogP contribution < -0.4 is 11.5 Å². The van der Waals surface area contributed by atoms with Crippen molar-refractivity contribution in [3.8, 4) is 0 Å². The maximum absolute atomic E-state index is 12.8. The zero-order chi connectivity index (χ0) is 10.9. The Morgan fingerprint density at radius 1 is 1.36 bits per heavy atom. The summed E-state index contributed by atoms with van der Waals surface area (Å²) < 4.78 is 25.3. The van der Waals surface area contributed by atoms with Gasteiger partial charge in [-0.1, -0.05) is 6.07 Å². The van der Waals surface area contributed by atoms with Crippen molar-refractivity contribution in [1.29, 1.82) is 0 Å². The Kier molecular flexibility index (Phi) is 2.53. The van der Waals surface area contributed by atoms with Gasteiger partial charge < -0.3 is 11.5 Å². The van der Waals surface area contributed by atoms with Gasteiger partial charge in [0.25, 0.3) is 0 Å². The summed E-state index contributed by atoms with van der Waals surface area (Å²) in [4.78, 5) is 10.9. The summed E-state index contributed by atoms with van der Waals surface area (Å²) in [6.07, 6.45) is 0. The van der Waals surface area contributed by atoms with Crippen molar-refractivity contribution in [2.24, 2.45) is 11.5 Å². The molecule has 0 saturated carbocycles. The first-order valence-corrected chi connectivity index (χ1v) is 3.90. The SMILES string of the molecule is CC(N)(C(N)=O)c1ccc(F)c(F)c1. The van der Waals surface area contributed by atoms with E-state index in [1.54, 1.807) is 0 Å². The molecule has 5 heteroatoms. The number of halogens is 2. The van der Waals surface area contributed by atoms with Gasteiger partial charge in [-0.25, -0.2) is 8.78 Å². The topological polar surface area (TPSA) is 69.1 Å². The van der Waals surface area contributed by atoms with Crippen molar-refractivity contribution in [2.45, 2.75) is 12.5 Å². The third kappa shape index (κ3) is 1.72. The molecule has 3 nitrogen and oxygen atoms in total. The highest BCUT2D eigenvalue weighted by molar-refractivity contribution is 5.85. The van der Waals surface area contributed by atoms with Crippen molar-refractivity contribution in [3.05, 3.63) is 35.4 Å². The van der Waals surface area contributed by atoms with Crippen LogP contribution in [0.1, 0.15) is 12.5 Å². The van der Waals surface area contributed by atoms with Gasteiger partial charge in [0.2, 0.25) is 5.91 Å². The molecule has 0 aliphatic heterocycles. The number of nitrogens with two attached hydrogens (primary N) is 2. The summed E-state index contributed by atoms with van der Waals surface area (Å²) in [6.45, 7) is 1.34. The Bertz CT molecular complexity index is 377. The summed E-state index contributed by atoms with van der Waals surface area (Å²) in [5.41, 5.74) is 9.20. The molecule has 0 aromatic heterocycles. The lowest BCUT2D eigenvalue weighted by Gasteiger charge is -2.20. The Morgan fingerprint density at radius 2 is 1.93 bits per heavy atom. The summed E-state index contributed by atoms with van der Waals surface area (Å²) in [7, 11) is 0. The highest BCUT2D eigenvalue weighted by atomic mass is 19.2. The number of benzene rings is 1. The van der Waals surface area contributed by atoms with Crippen LogP contribution in [0.4, 0.5) is 8.78 Å². The molecule has 1 unspecified atom stereocenters. The Hall–Kier alpha value is -1.49. The number of hydrogen-bond acceptors (Lipinski definition) is 2. The zero-order valence-electron chi connectivity index (χ0n) is 7.55. The van der Waals surface area contributed by atoms with Crippen LogP contribution in [-0.4, -0.2) is 5.91 Å². The van der Waals surface area contributed by atoms with Gasteiger partial charge in [-0.15, -0.1) is 0 Å². The molecule has 0 aliphatic rings. The monoisotopic (exact) mass is 200 g/mol. The van der Waals surface area contributed by atoms with E-state index in [4.69, 9.17) is 11.5 Å². The summed E-state index contributed by atoms with van der Waals surface area (Å²) in [5, 5.41) is 0. The quantitative estimate of drug-likeness (QED) is 0.734. The average Bonchev–Trinajstić information content (AvgIpc) is 2.09. The minimum Gasteiger partial charge on any atom is -0.368 e. The molecular weight excluding hydrogens is 190 g/mol. The van der Waals surface area contributed by atoms with E-state index in [0.717, 1.165) is 12.1 Å². The average molecular weight is 200 g/mol. The zero-order valence-corrected chi connectivity index (χ0v) is 7.55. The Labute approximate surface area is 79.7 Å². The molecular formula is C9H10F2N2O. The summed E-state index contributed by atoms with van der Waals surface area (Å²) in [5.74, 6) is -2.85. The maximum Gasteiger partial charge on any atom is 0.241 e. The largest absolute Gasteiger partial charge is 0.368 e. The smallest absolute Gasteiger partial charge is 0.241 e. The van der Waals surface area contributed by atoms with E-state index >= 15 is 0 Å². The van der Waals surface area contributed by atoms with E-state index < -0.39 is 23.1 Å². The molecule has 0 bridgehead atoms. The standard InChI is InChI=1S/C9H10F2N2O/c1-9(13,8(12)14)5-2-3-6(10)7(11)4-5/h2-4H,13H2,1H3,(H2,12,14). The van der Waals surface area contributed by atoms with Gasteiger partial charge in [0.15, 0.2) is 11.6 Å². The van der Waals surface area contributed by atoms with Crippen LogP contribution in [0.25, 0.3) is 0 Å². The summed E-state index contributed by atoms with van der Waals surface area (Å²) >= 11 is 0. The normalized spacial score (nSPS) is 14.9. The number of primary amides is 1. The van der Waals surface area contributed by atoms with Crippen LogP contribution >= 0.6 is 0 Å². The number of amides is 1. The van der Waals surface area contributed by atoms with Gasteiger partial charge >= 0.3 is 0 Å². The molecule has 0 spiro atoms. The number of carbonyl (C=O) groups is 1. The molecule has 14 heavy (non-hydrogen) atoms. The molecule has 1 aromatic rings. The van der Waals surface area contributed by atoms with Gasteiger partial charge in [-0.05, 0) is 24.6 Å². The molecule has 1 amide bonds. The first-order valence-electron chi connectivity index (χ1n) is 3.90. The predicted molar refractivity (Wildman–Crippen MR) is 47.1 cm³/mol. The van der Waals surface area contributed by atoms with E-state index in [2.05, 4.69) is 0 Å². The van der Waals surface area contributed by atoms with Crippen LogP contribution in [0.3, 0.4) is 0 Å². The second-order valence-electron chi connectivity index (χ2n) is 3.20. The fraction of sp³-hybridized carbons (Fsp3) is 0.222.